The minimum Gasteiger partial charge on any atom is -0.397 e. The van der Waals surface area contributed by atoms with Crippen LogP contribution in [0.4, 0.5) is 11.5 Å². The van der Waals surface area contributed by atoms with Gasteiger partial charge in [0.05, 0.1) is 11.9 Å². The van der Waals surface area contributed by atoms with Gasteiger partial charge in [0.2, 0.25) is 0 Å². The number of hydrogen-bond donors (Lipinski definition) is 2. The minimum absolute atomic E-state index is 0.652. The molecule has 0 amide bonds. The SMILES string of the molecule is C=Cc1cc(N)cnc1NC. The summed E-state index contributed by atoms with van der Waals surface area (Å²) in [6, 6.07) is 1.83. The van der Waals surface area contributed by atoms with Crippen LogP contribution in [-0.4, -0.2) is 12.0 Å². The van der Waals surface area contributed by atoms with Crippen LogP contribution < -0.4 is 11.1 Å². The molecule has 0 unspecified atom stereocenters. The maximum atomic E-state index is 5.52. The molecule has 1 heterocycles. The van der Waals surface area contributed by atoms with Gasteiger partial charge in [-0.3, -0.25) is 0 Å². The molecule has 0 saturated heterocycles. The van der Waals surface area contributed by atoms with Crippen molar-refractivity contribution in [2.45, 2.75) is 0 Å². The van der Waals surface area contributed by atoms with Crippen molar-refractivity contribution in [2.75, 3.05) is 18.1 Å². The lowest BCUT2D eigenvalue weighted by atomic mass is 10.2. The summed E-state index contributed by atoms with van der Waals surface area (Å²) in [5.74, 6) is 0.800. The smallest absolute Gasteiger partial charge is 0.133 e. The van der Waals surface area contributed by atoms with E-state index < -0.39 is 0 Å². The predicted octanol–water partition coefficient (Wildman–Crippen LogP) is 1.35. The highest BCUT2D eigenvalue weighted by Gasteiger charge is 1.97. The highest BCUT2D eigenvalue weighted by atomic mass is 15.0. The first kappa shape index (κ1) is 7.60. The second-order valence-corrected chi connectivity index (χ2v) is 2.16. The molecule has 0 fully saturated rings. The van der Waals surface area contributed by atoms with E-state index in [1.165, 1.54) is 0 Å². The number of nitrogens with zero attached hydrogens (tertiary/aromatic N) is 1. The number of anilines is 2. The third-order valence-electron chi connectivity index (χ3n) is 1.40. The van der Waals surface area contributed by atoms with Crippen molar-refractivity contribution in [3.05, 3.63) is 24.4 Å². The first-order valence-electron chi connectivity index (χ1n) is 3.33. The average molecular weight is 149 g/mol. The lowest BCUT2D eigenvalue weighted by Crippen LogP contribution is -1.96. The third kappa shape index (κ3) is 1.49. The standard InChI is InChI=1S/C8H11N3/c1-3-6-4-7(9)5-11-8(6)10-2/h3-5H,1,9H2,2H3,(H,10,11). The number of nitrogens with two attached hydrogens (primary N) is 1. The Bertz CT molecular complexity index is 268. The molecule has 11 heavy (non-hydrogen) atoms. The fourth-order valence-corrected chi connectivity index (χ4v) is 0.863. The summed E-state index contributed by atoms with van der Waals surface area (Å²) in [7, 11) is 1.81. The van der Waals surface area contributed by atoms with E-state index in [4.69, 9.17) is 5.73 Å². The molecule has 0 bridgehead atoms. The Hall–Kier alpha value is -1.51. The number of rotatable bonds is 2. The van der Waals surface area contributed by atoms with Crippen molar-refractivity contribution in [2.24, 2.45) is 0 Å². The topological polar surface area (TPSA) is 50.9 Å². The maximum absolute atomic E-state index is 5.52. The van der Waals surface area contributed by atoms with Gasteiger partial charge in [-0.15, -0.1) is 0 Å². The van der Waals surface area contributed by atoms with Gasteiger partial charge in [0.1, 0.15) is 5.82 Å². The Morgan fingerprint density at radius 1 is 1.73 bits per heavy atom. The summed E-state index contributed by atoms with van der Waals surface area (Å²) in [5, 5.41) is 2.94. The number of nitrogens with one attached hydrogen (secondary N) is 1. The number of aromatic nitrogens is 1. The van der Waals surface area contributed by atoms with Crippen LogP contribution in [0.5, 0.6) is 0 Å². The highest BCUT2D eigenvalue weighted by Crippen LogP contribution is 2.15. The molecule has 1 aromatic rings. The molecule has 0 spiro atoms. The van der Waals surface area contributed by atoms with E-state index in [1.54, 1.807) is 12.3 Å². The van der Waals surface area contributed by atoms with E-state index in [0.29, 0.717) is 5.69 Å². The van der Waals surface area contributed by atoms with Crippen LogP contribution in [-0.2, 0) is 0 Å². The fourth-order valence-electron chi connectivity index (χ4n) is 0.863. The average Bonchev–Trinajstić information content (AvgIpc) is 2.04. The summed E-state index contributed by atoms with van der Waals surface area (Å²) >= 11 is 0. The zero-order chi connectivity index (χ0) is 8.27. The lowest BCUT2D eigenvalue weighted by molar-refractivity contribution is 1.28. The van der Waals surface area contributed by atoms with Crippen molar-refractivity contribution in [3.63, 3.8) is 0 Å². The molecule has 1 aromatic heterocycles. The normalized spacial score (nSPS) is 9.18. The van der Waals surface area contributed by atoms with E-state index in [9.17, 15) is 0 Å². The summed E-state index contributed by atoms with van der Waals surface area (Å²) in [6.45, 7) is 3.65. The summed E-state index contributed by atoms with van der Waals surface area (Å²) in [5.41, 5.74) is 7.10. The van der Waals surface area contributed by atoms with E-state index in [0.717, 1.165) is 11.4 Å². The van der Waals surface area contributed by atoms with Crippen LogP contribution >= 0.6 is 0 Å². The number of pyridine rings is 1. The Kier molecular flexibility index (Phi) is 2.11. The van der Waals surface area contributed by atoms with Gasteiger partial charge in [-0.25, -0.2) is 4.98 Å². The Balaban J connectivity index is 3.16. The number of nitrogen functional groups attached to an aromatic ring is 1. The van der Waals surface area contributed by atoms with E-state index >= 15 is 0 Å². The first-order valence-corrected chi connectivity index (χ1v) is 3.33. The van der Waals surface area contributed by atoms with E-state index in [1.807, 2.05) is 13.1 Å². The van der Waals surface area contributed by atoms with Gasteiger partial charge in [-0.1, -0.05) is 12.7 Å². The molecular formula is C8H11N3. The van der Waals surface area contributed by atoms with Crippen LogP contribution in [0.2, 0.25) is 0 Å². The first-order chi connectivity index (χ1) is 5.27. The van der Waals surface area contributed by atoms with Gasteiger partial charge < -0.3 is 11.1 Å². The van der Waals surface area contributed by atoms with Crippen molar-refractivity contribution < 1.29 is 0 Å². The molecule has 58 valence electrons. The van der Waals surface area contributed by atoms with Gasteiger partial charge >= 0.3 is 0 Å². The molecule has 3 nitrogen and oxygen atoms in total. The second kappa shape index (κ2) is 3.05. The Labute approximate surface area is 65.9 Å². The summed E-state index contributed by atoms with van der Waals surface area (Å²) < 4.78 is 0. The van der Waals surface area contributed by atoms with Crippen LogP contribution in [0.25, 0.3) is 6.08 Å². The molecule has 1 rings (SSSR count). The molecule has 3 N–H and O–H groups in total. The monoisotopic (exact) mass is 149 g/mol. The molecule has 0 aliphatic carbocycles. The zero-order valence-electron chi connectivity index (χ0n) is 6.46. The maximum Gasteiger partial charge on any atom is 0.133 e. The van der Waals surface area contributed by atoms with Gasteiger partial charge in [0.15, 0.2) is 0 Å². The van der Waals surface area contributed by atoms with Crippen LogP contribution in [0.3, 0.4) is 0 Å². The van der Waals surface area contributed by atoms with Gasteiger partial charge in [0, 0.05) is 12.6 Å². The number of hydrogen-bond acceptors (Lipinski definition) is 3. The van der Waals surface area contributed by atoms with E-state index in [2.05, 4.69) is 16.9 Å². The fraction of sp³-hybridized carbons (Fsp3) is 0.125. The molecule has 0 saturated carbocycles. The van der Waals surface area contributed by atoms with Gasteiger partial charge in [0.25, 0.3) is 0 Å². The predicted molar refractivity (Wildman–Crippen MR) is 48.3 cm³/mol. The molecule has 0 radical (unpaired) electrons. The molecule has 0 aromatic carbocycles. The molecule has 0 atom stereocenters. The van der Waals surface area contributed by atoms with Crippen LogP contribution in [0.15, 0.2) is 18.8 Å². The highest BCUT2D eigenvalue weighted by molar-refractivity contribution is 5.65. The van der Waals surface area contributed by atoms with Crippen LogP contribution in [0.1, 0.15) is 5.56 Å². The largest absolute Gasteiger partial charge is 0.397 e. The molecule has 3 heteroatoms. The second-order valence-electron chi connectivity index (χ2n) is 2.16. The van der Waals surface area contributed by atoms with Gasteiger partial charge in [-0.05, 0) is 6.07 Å². The molecule has 0 aliphatic rings. The molecule has 0 aliphatic heterocycles. The van der Waals surface area contributed by atoms with Crippen LogP contribution in [0, 0.1) is 0 Å². The quantitative estimate of drug-likeness (QED) is 0.667. The zero-order valence-corrected chi connectivity index (χ0v) is 6.46. The molecular weight excluding hydrogens is 138 g/mol. The lowest BCUT2D eigenvalue weighted by Gasteiger charge is -2.03. The minimum atomic E-state index is 0.652. The van der Waals surface area contributed by atoms with Gasteiger partial charge in [-0.2, -0.15) is 0 Å². The van der Waals surface area contributed by atoms with Crippen molar-refractivity contribution in [1.82, 2.24) is 4.98 Å². The van der Waals surface area contributed by atoms with E-state index in [-0.39, 0.29) is 0 Å². The van der Waals surface area contributed by atoms with Crippen molar-refractivity contribution in [3.8, 4) is 0 Å². The van der Waals surface area contributed by atoms with Crippen molar-refractivity contribution in [1.29, 1.82) is 0 Å². The Morgan fingerprint density at radius 2 is 2.45 bits per heavy atom. The van der Waals surface area contributed by atoms with Crippen molar-refractivity contribution >= 4 is 17.6 Å². The summed E-state index contributed by atoms with van der Waals surface area (Å²) in [6.07, 6.45) is 3.33. The third-order valence-corrected chi connectivity index (χ3v) is 1.40. The Morgan fingerprint density at radius 3 is 3.00 bits per heavy atom. The summed E-state index contributed by atoms with van der Waals surface area (Å²) in [4.78, 5) is 4.06.